The van der Waals surface area contributed by atoms with Gasteiger partial charge in [-0.2, -0.15) is 0 Å². The van der Waals surface area contributed by atoms with Gasteiger partial charge in [-0.25, -0.2) is 0 Å². The molecule has 0 unspecified atom stereocenters. The Balaban J connectivity index is 2.84. The molecule has 1 N–H and O–H groups in total. The topological polar surface area (TPSA) is 30.5 Å². The van der Waals surface area contributed by atoms with E-state index in [0.717, 1.165) is 0 Å². The average Bonchev–Trinajstić information content (AvgIpc) is 1.87. The summed E-state index contributed by atoms with van der Waals surface area (Å²) in [7, 11) is 0. The fourth-order valence-corrected chi connectivity index (χ4v) is 0.368. The molecule has 0 bridgehead atoms. The van der Waals surface area contributed by atoms with Crippen molar-refractivity contribution in [3.05, 3.63) is 11.7 Å². The average molecular weight is 166 g/mol. The molecule has 0 aromatic heterocycles. The van der Waals surface area contributed by atoms with Crippen LogP contribution in [-0.4, -0.2) is 20.1 Å². The number of rotatable bonds is 6. The maximum Gasteiger partial charge on any atom is 0.149 e. The molecule has 0 aliphatic heterocycles. The van der Waals surface area contributed by atoms with E-state index in [2.05, 4.69) is 11.9 Å². The molecule has 60 valence electrons. The summed E-state index contributed by atoms with van der Waals surface area (Å²) in [5, 5.41) is 3.04. The van der Waals surface area contributed by atoms with Gasteiger partial charge in [0, 0.05) is 6.61 Å². The van der Waals surface area contributed by atoms with Crippen LogP contribution in [0.3, 0.4) is 0 Å². The Labute approximate surface area is 66.0 Å². The predicted octanol–water partition coefficient (Wildman–Crippen LogP) is 1.25. The fraction of sp³-hybridized carbons (Fsp3) is 0.667. The minimum absolute atomic E-state index is 0.285. The minimum Gasteiger partial charge on any atom is -0.356 e. The third kappa shape index (κ3) is 7.75. The number of hydrogen-bond donors (Lipinski definition) is 1. The van der Waals surface area contributed by atoms with E-state index < -0.39 is 0 Å². The summed E-state index contributed by atoms with van der Waals surface area (Å²) in [6.45, 7) is 6.58. The Hall–Kier alpha value is -0.250. The number of halogens is 1. The lowest BCUT2D eigenvalue weighted by Crippen LogP contribution is -2.15. The van der Waals surface area contributed by atoms with Crippen molar-refractivity contribution in [2.45, 2.75) is 6.92 Å². The quantitative estimate of drug-likeness (QED) is 0.365. The van der Waals surface area contributed by atoms with E-state index in [9.17, 15) is 0 Å². The van der Waals surface area contributed by atoms with Crippen LogP contribution in [0, 0.1) is 0 Å². The molecule has 4 heteroatoms. The molecule has 3 nitrogen and oxygen atoms in total. The monoisotopic (exact) mass is 165 g/mol. The highest BCUT2D eigenvalue weighted by molar-refractivity contribution is 6.28. The lowest BCUT2D eigenvalue weighted by atomic mass is 10.9. The smallest absolute Gasteiger partial charge is 0.149 e. The van der Waals surface area contributed by atoms with Gasteiger partial charge in [0.25, 0.3) is 0 Å². The molecular formula is C6H12ClNO2. The SMILES string of the molecule is C=C(Cl)NCOCOCC. The summed E-state index contributed by atoms with van der Waals surface area (Å²) in [4.78, 5) is 0. The van der Waals surface area contributed by atoms with Gasteiger partial charge in [-0.05, 0) is 6.92 Å². The molecule has 0 aromatic rings. The van der Waals surface area contributed by atoms with E-state index in [1.807, 2.05) is 6.92 Å². The summed E-state index contributed by atoms with van der Waals surface area (Å²) in [5.74, 6) is 0. The molecule has 0 heterocycles. The molecule has 0 amide bonds. The molecule has 0 atom stereocenters. The second-order valence-corrected chi connectivity index (χ2v) is 2.00. The maximum absolute atomic E-state index is 5.36. The van der Waals surface area contributed by atoms with Crippen LogP contribution in [0.2, 0.25) is 0 Å². The predicted molar refractivity (Wildman–Crippen MR) is 40.6 cm³/mol. The van der Waals surface area contributed by atoms with Crippen molar-refractivity contribution in [3.63, 3.8) is 0 Å². The van der Waals surface area contributed by atoms with Crippen LogP contribution in [0.15, 0.2) is 11.7 Å². The van der Waals surface area contributed by atoms with Gasteiger partial charge >= 0.3 is 0 Å². The summed E-state index contributed by atoms with van der Waals surface area (Å²) in [6.07, 6.45) is 0. The van der Waals surface area contributed by atoms with Crippen LogP contribution in [0.5, 0.6) is 0 Å². The molecule has 0 aromatic carbocycles. The lowest BCUT2D eigenvalue weighted by molar-refractivity contribution is -0.0527. The van der Waals surface area contributed by atoms with Crippen molar-refractivity contribution in [3.8, 4) is 0 Å². The highest BCUT2D eigenvalue weighted by Gasteiger charge is 1.85. The van der Waals surface area contributed by atoms with Crippen molar-refractivity contribution in [1.82, 2.24) is 5.32 Å². The Bertz CT molecular complexity index is 97.7. The molecule has 0 saturated carbocycles. The zero-order valence-electron chi connectivity index (χ0n) is 6.02. The van der Waals surface area contributed by atoms with Crippen LogP contribution in [0.1, 0.15) is 6.92 Å². The third-order valence-corrected chi connectivity index (χ3v) is 0.870. The standard InChI is InChI=1S/C6H12ClNO2/c1-3-9-5-10-4-8-6(2)7/h8H,2-5H2,1H3. The largest absolute Gasteiger partial charge is 0.356 e. The zero-order chi connectivity index (χ0) is 7.82. The van der Waals surface area contributed by atoms with E-state index in [0.29, 0.717) is 18.5 Å². The first kappa shape index (κ1) is 9.75. The Morgan fingerprint density at radius 2 is 2.30 bits per heavy atom. The van der Waals surface area contributed by atoms with Gasteiger partial charge in [-0.15, -0.1) is 0 Å². The van der Waals surface area contributed by atoms with E-state index in [-0.39, 0.29) is 6.79 Å². The van der Waals surface area contributed by atoms with Crippen molar-refractivity contribution in [2.75, 3.05) is 20.1 Å². The highest BCUT2D eigenvalue weighted by Crippen LogP contribution is 1.87. The summed E-state index contributed by atoms with van der Waals surface area (Å²) < 4.78 is 9.79. The van der Waals surface area contributed by atoms with Gasteiger partial charge in [-0.3, -0.25) is 0 Å². The highest BCUT2D eigenvalue weighted by atomic mass is 35.5. The molecule has 0 fully saturated rings. The van der Waals surface area contributed by atoms with E-state index in [4.69, 9.17) is 21.1 Å². The molecule has 10 heavy (non-hydrogen) atoms. The minimum atomic E-state index is 0.285. The normalized spacial score (nSPS) is 9.40. The third-order valence-electron chi connectivity index (χ3n) is 0.737. The molecule has 0 radical (unpaired) electrons. The van der Waals surface area contributed by atoms with E-state index in [1.165, 1.54) is 0 Å². The van der Waals surface area contributed by atoms with Crippen molar-refractivity contribution in [1.29, 1.82) is 0 Å². The lowest BCUT2D eigenvalue weighted by Gasteiger charge is -2.04. The molecule has 0 aliphatic carbocycles. The van der Waals surface area contributed by atoms with Gasteiger partial charge in [-0.1, -0.05) is 18.2 Å². The van der Waals surface area contributed by atoms with Crippen molar-refractivity contribution in [2.24, 2.45) is 0 Å². The Kier molecular flexibility index (Phi) is 6.69. The summed E-state index contributed by atoms with van der Waals surface area (Å²) >= 11 is 5.36. The zero-order valence-corrected chi connectivity index (χ0v) is 6.78. The molecule has 0 aliphatic rings. The van der Waals surface area contributed by atoms with Gasteiger partial charge in [0.05, 0.1) is 5.16 Å². The van der Waals surface area contributed by atoms with Gasteiger partial charge in [0.15, 0.2) is 0 Å². The maximum atomic E-state index is 5.36. The van der Waals surface area contributed by atoms with Gasteiger partial charge < -0.3 is 14.8 Å². The van der Waals surface area contributed by atoms with Crippen molar-refractivity contribution < 1.29 is 9.47 Å². The van der Waals surface area contributed by atoms with Crippen LogP contribution in [-0.2, 0) is 9.47 Å². The van der Waals surface area contributed by atoms with Gasteiger partial charge in [0.1, 0.15) is 13.5 Å². The van der Waals surface area contributed by atoms with E-state index >= 15 is 0 Å². The van der Waals surface area contributed by atoms with Crippen LogP contribution in [0.4, 0.5) is 0 Å². The number of hydrogen-bond acceptors (Lipinski definition) is 3. The summed E-state index contributed by atoms with van der Waals surface area (Å²) in [5.41, 5.74) is 0. The first-order valence-electron chi connectivity index (χ1n) is 3.01. The molecule has 0 saturated heterocycles. The molecule has 0 spiro atoms. The summed E-state index contributed by atoms with van der Waals surface area (Å²) in [6, 6.07) is 0. The van der Waals surface area contributed by atoms with Gasteiger partial charge in [0.2, 0.25) is 0 Å². The Morgan fingerprint density at radius 3 is 2.80 bits per heavy atom. The van der Waals surface area contributed by atoms with Crippen LogP contribution < -0.4 is 5.32 Å². The molecular weight excluding hydrogens is 154 g/mol. The Morgan fingerprint density at radius 1 is 1.60 bits per heavy atom. The first-order chi connectivity index (χ1) is 4.77. The van der Waals surface area contributed by atoms with Crippen LogP contribution in [0.25, 0.3) is 0 Å². The first-order valence-corrected chi connectivity index (χ1v) is 3.39. The van der Waals surface area contributed by atoms with Crippen LogP contribution >= 0.6 is 11.6 Å². The fourth-order valence-electron chi connectivity index (χ4n) is 0.313. The van der Waals surface area contributed by atoms with E-state index in [1.54, 1.807) is 0 Å². The van der Waals surface area contributed by atoms with Crippen molar-refractivity contribution >= 4 is 11.6 Å². The second kappa shape index (κ2) is 6.86. The number of ether oxygens (including phenoxy) is 2. The second-order valence-electron chi connectivity index (χ2n) is 1.54. The number of nitrogens with one attached hydrogen (secondary N) is 1. The molecule has 0 rings (SSSR count).